The Morgan fingerprint density at radius 2 is 2.40 bits per heavy atom. The molecule has 0 saturated heterocycles. The lowest BCUT2D eigenvalue weighted by atomic mass is 10.3. The molecule has 1 aliphatic rings. The van der Waals surface area contributed by atoms with Gasteiger partial charge in [-0.1, -0.05) is 22.9 Å². The number of alkyl halides is 1. The molecule has 0 aromatic rings. The van der Waals surface area contributed by atoms with Crippen molar-refractivity contribution in [3.05, 3.63) is 0 Å². The van der Waals surface area contributed by atoms with E-state index in [9.17, 15) is 4.79 Å². The molecule has 2 atom stereocenters. The van der Waals surface area contributed by atoms with Crippen LogP contribution in [-0.2, 0) is 4.79 Å². The summed E-state index contributed by atoms with van der Waals surface area (Å²) in [5, 5.41) is 3.69. The van der Waals surface area contributed by atoms with Gasteiger partial charge in [0.2, 0.25) is 5.91 Å². The zero-order valence-corrected chi connectivity index (χ0v) is 7.65. The van der Waals surface area contributed by atoms with Crippen LogP contribution < -0.4 is 5.32 Å². The number of amides is 1. The van der Waals surface area contributed by atoms with Crippen LogP contribution in [0.3, 0.4) is 0 Å². The zero-order chi connectivity index (χ0) is 7.56. The second kappa shape index (κ2) is 3.37. The van der Waals surface area contributed by atoms with E-state index in [2.05, 4.69) is 28.2 Å². The number of carbonyl (C=O) groups excluding carboxylic acids is 1. The van der Waals surface area contributed by atoms with Gasteiger partial charge in [0, 0.05) is 17.8 Å². The van der Waals surface area contributed by atoms with Gasteiger partial charge in [0.15, 0.2) is 0 Å². The minimum atomic E-state index is 0.229. The van der Waals surface area contributed by atoms with Crippen molar-refractivity contribution in [1.82, 2.24) is 5.32 Å². The van der Waals surface area contributed by atoms with Gasteiger partial charge < -0.3 is 5.32 Å². The molecule has 1 saturated carbocycles. The van der Waals surface area contributed by atoms with Crippen molar-refractivity contribution in [1.29, 1.82) is 0 Å². The van der Waals surface area contributed by atoms with Crippen molar-refractivity contribution < 1.29 is 4.79 Å². The first kappa shape index (κ1) is 8.05. The standard InChI is InChI=1S/C7H12BrNO/c1-5-4-6(5)7(10)9-3-2-8/h5-6H,2-4H2,1H3,(H,9,10). The summed E-state index contributed by atoms with van der Waals surface area (Å²) >= 11 is 3.25. The van der Waals surface area contributed by atoms with Gasteiger partial charge in [-0.15, -0.1) is 0 Å². The smallest absolute Gasteiger partial charge is 0.223 e. The Bertz CT molecular complexity index is 138. The maximum absolute atomic E-state index is 11.0. The molecular formula is C7H12BrNO. The highest BCUT2D eigenvalue weighted by Crippen LogP contribution is 2.37. The van der Waals surface area contributed by atoms with Gasteiger partial charge in [-0.25, -0.2) is 0 Å². The number of hydrogen-bond acceptors (Lipinski definition) is 1. The molecule has 1 fully saturated rings. The quantitative estimate of drug-likeness (QED) is 0.689. The average Bonchev–Trinajstić information content (AvgIpc) is 2.62. The van der Waals surface area contributed by atoms with Gasteiger partial charge in [0.05, 0.1) is 0 Å². The summed E-state index contributed by atoms with van der Waals surface area (Å²) < 4.78 is 0. The molecule has 0 aromatic heterocycles. The fraction of sp³-hybridized carbons (Fsp3) is 0.857. The molecule has 1 rings (SSSR count). The molecule has 0 bridgehead atoms. The third kappa shape index (κ3) is 1.97. The first-order valence-corrected chi connectivity index (χ1v) is 4.71. The Balaban J connectivity index is 2.11. The lowest BCUT2D eigenvalue weighted by Crippen LogP contribution is -2.26. The minimum absolute atomic E-state index is 0.229. The fourth-order valence-electron chi connectivity index (χ4n) is 0.989. The van der Waals surface area contributed by atoms with Gasteiger partial charge in [0.1, 0.15) is 0 Å². The molecule has 0 aliphatic heterocycles. The van der Waals surface area contributed by atoms with Crippen LogP contribution in [0.2, 0.25) is 0 Å². The lowest BCUT2D eigenvalue weighted by molar-refractivity contribution is -0.122. The van der Waals surface area contributed by atoms with E-state index in [1.807, 2.05) is 0 Å². The van der Waals surface area contributed by atoms with Crippen LogP contribution >= 0.6 is 15.9 Å². The Kier molecular flexibility index (Phi) is 2.72. The summed E-state index contributed by atoms with van der Waals surface area (Å²) in [5.74, 6) is 1.17. The van der Waals surface area contributed by atoms with E-state index in [-0.39, 0.29) is 5.91 Å². The predicted octanol–water partition coefficient (Wildman–Crippen LogP) is 1.15. The number of carbonyl (C=O) groups is 1. The fourth-order valence-corrected chi connectivity index (χ4v) is 1.19. The number of nitrogens with one attached hydrogen (secondary N) is 1. The van der Waals surface area contributed by atoms with Gasteiger partial charge in [0.25, 0.3) is 0 Å². The van der Waals surface area contributed by atoms with Crippen molar-refractivity contribution in [2.24, 2.45) is 11.8 Å². The summed E-state index contributed by atoms with van der Waals surface area (Å²) in [6, 6.07) is 0. The zero-order valence-electron chi connectivity index (χ0n) is 6.06. The topological polar surface area (TPSA) is 29.1 Å². The van der Waals surface area contributed by atoms with Gasteiger partial charge >= 0.3 is 0 Å². The summed E-state index contributed by atoms with van der Waals surface area (Å²) in [7, 11) is 0. The van der Waals surface area contributed by atoms with Crippen LogP contribution in [0.4, 0.5) is 0 Å². The first-order valence-electron chi connectivity index (χ1n) is 3.59. The molecule has 58 valence electrons. The highest BCUT2D eigenvalue weighted by Gasteiger charge is 2.38. The van der Waals surface area contributed by atoms with Gasteiger partial charge in [-0.05, 0) is 12.3 Å². The van der Waals surface area contributed by atoms with Crippen LogP contribution in [0.1, 0.15) is 13.3 Å². The molecule has 0 spiro atoms. The second-order valence-corrected chi connectivity index (χ2v) is 3.59. The summed E-state index contributed by atoms with van der Waals surface area (Å²) in [6.07, 6.45) is 1.08. The third-order valence-electron chi connectivity index (χ3n) is 1.84. The monoisotopic (exact) mass is 205 g/mol. The van der Waals surface area contributed by atoms with E-state index in [1.54, 1.807) is 0 Å². The molecule has 10 heavy (non-hydrogen) atoms. The van der Waals surface area contributed by atoms with Crippen molar-refractivity contribution in [3.8, 4) is 0 Å². The maximum Gasteiger partial charge on any atom is 0.223 e. The van der Waals surface area contributed by atoms with E-state index in [4.69, 9.17) is 0 Å². The Morgan fingerprint density at radius 3 is 2.80 bits per heavy atom. The van der Waals surface area contributed by atoms with Crippen LogP contribution in [0, 0.1) is 11.8 Å². The first-order chi connectivity index (χ1) is 4.75. The van der Waals surface area contributed by atoms with Crippen molar-refractivity contribution in [2.45, 2.75) is 13.3 Å². The molecule has 1 amide bonds. The van der Waals surface area contributed by atoms with Crippen LogP contribution in [0.15, 0.2) is 0 Å². The highest BCUT2D eigenvalue weighted by molar-refractivity contribution is 9.09. The molecule has 1 N–H and O–H groups in total. The van der Waals surface area contributed by atoms with E-state index in [1.165, 1.54) is 0 Å². The average molecular weight is 206 g/mol. The maximum atomic E-state index is 11.0. The Morgan fingerprint density at radius 1 is 1.80 bits per heavy atom. The van der Waals surface area contributed by atoms with Gasteiger partial charge in [-0.3, -0.25) is 4.79 Å². The van der Waals surface area contributed by atoms with Crippen LogP contribution in [0.25, 0.3) is 0 Å². The summed E-state index contributed by atoms with van der Waals surface area (Å²) in [4.78, 5) is 11.0. The molecular weight excluding hydrogens is 194 g/mol. The molecule has 2 unspecified atom stereocenters. The molecule has 0 aromatic carbocycles. The molecule has 0 heterocycles. The van der Waals surface area contributed by atoms with Gasteiger partial charge in [-0.2, -0.15) is 0 Å². The predicted molar refractivity (Wildman–Crippen MR) is 44.1 cm³/mol. The summed E-state index contributed by atoms with van der Waals surface area (Å²) in [5.41, 5.74) is 0. The SMILES string of the molecule is CC1CC1C(=O)NCCBr. The van der Waals surface area contributed by atoms with E-state index in [0.29, 0.717) is 11.8 Å². The molecule has 2 nitrogen and oxygen atoms in total. The number of hydrogen-bond donors (Lipinski definition) is 1. The minimum Gasteiger partial charge on any atom is -0.355 e. The largest absolute Gasteiger partial charge is 0.355 e. The highest BCUT2D eigenvalue weighted by atomic mass is 79.9. The number of halogens is 1. The van der Waals surface area contributed by atoms with Crippen LogP contribution in [-0.4, -0.2) is 17.8 Å². The third-order valence-corrected chi connectivity index (χ3v) is 2.24. The normalized spacial score (nSPS) is 29.8. The Hall–Kier alpha value is -0.0500. The van der Waals surface area contributed by atoms with Crippen molar-refractivity contribution >= 4 is 21.8 Å². The molecule has 3 heteroatoms. The Labute approximate surface area is 69.5 Å². The van der Waals surface area contributed by atoms with E-state index < -0.39 is 0 Å². The van der Waals surface area contributed by atoms with Crippen LogP contribution in [0.5, 0.6) is 0 Å². The summed E-state index contributed by atoms with van der Waals surface area (Å²) in [6.45, 7) is 2.86. The molecule has 1 aliphatic carbocycles. The van der Waals surface area contributed by atoms with Crippen molar-refractivity contribution in [3.63, 3.8) is 0 Å². The molecule has 0 radical (unpaired) electrons. The lowest BCUT2D eigenvalue weighted by Gasteiger charge is -1.99. The second-order valence-electron chi connectivity index (χ2n) is 2.80. The van der Waals surface area contributed by atoms with Crippen molar-refractivity contribution in [2.75, 3.05) is 11.9 Å². The van der Waals surface area contributed by atoms with E-state index >= 15 is 0 Å². The number of rotatable bonds is 3. The van der Waals surface area contributed by atoms with E-state index in [0.717, 1.165) is 18.3 Å².